The fourth-order valence-corrected chi connectivity index (χ4v) is 7.50. The molecule has 2 heterocycles. The quantitative estimate of drug-likeness (QED) is 0.131. The van der Waals surface area contributed by atoms with E-state index >= 15 is 0 Å². The summed E-state index contributed by atoms with van der Waals surface area (Å²) in [6.45, 7) is 4.50. The van der Waals surface area contributed by atoms with Gasteiger partial charge in [0, 0.05) is 70.4 Å². The molecule has 0 N–H and O–H groups in total. The number of rotatable bonds is 6. The Morgan fingerprint density at radius 3 is 1.59 bits per heavy atom. The summed E-state index contributed by atoms with van der Waals surface area (Å²) in [5.74, 6) is 0.00167. The zero-order valence-corrected chi connectivity index (χ0v) is 29.1. The summed E-state index contributed by atoms with van der Waals surface area (Å²) in [6, 6.07) is 54.7. The minimum absolute atomic E-state index is 0.00167. The Morgan fingerprint density at radius 2 is 1.04 bits per heavy atom. The minimum atomic E-state index is -0.215. The summed E-state index contributed by atoms with van der Waals surface area (Å²) in [4.78, 5) is 16.7. The number of carbonyl (C=O) groups is 1. The van der Waals surface area contributed by atoms with Gasteiger partial charge in [-0.2, -0.15) is 4.57 Å². The van der Waals surface area contributed by atoms with Crippen molar-refractivity contribution >= 4 is 22.7 Å². The van der Waals surface area contributed by atoms with Gasteiger partial charge in [-0.05, 0) is 64.7 Å². The standard InChI is InChI=1S/C48H39N2O/c1-48(2)42-26-16-17-27-43(42)49(3)46(48)29-28-38-30-40(33-41(47(38)51)35-20-10-5-11-21-35)50-44(36-22-12-6-13-23-36)31-39(34-18-8-4-9-19-34)32-45(50)37-24-14-7-15-25-37/h4-33H,1-3H3/q+1/b38-28-,46-29-. The van der Waals surface area contributed by atoms with E-state index in [1.165, 1.54) is 11.3 Å². The van der Waals surface area contributed by atoms with Gasteiger partial charge in [0.1, 0.15) is 0 Å². The van der Waals surface area contributed by atoms with Gasteiger partial charge in [-0.15, -0.1) is 0 Å². The van der Waals surface area contributed by atoms with Crippen LogP contribution in [-0.4, -0.2) is 12.8 Å². The van der Waals surface area contributed by atoms with Crippen molar-refractivity contribution in [3.05, 3.63) is 204 Å². The van der Waals surface area contributed by atoms with Crippen LogP contribution in [0.4, 0.5) is 5.69 Å². The highest BCUT2D eigenvalue weighted by Crippen LogP contribution is 2.46. The Balaban J connectivity index is 1.39. The third kappa shape index (κ3) is 5.87. The Hall–Kier alpha value is -6.32. The fourth-order valence-electron chi connectivity index (χ4n) is 7.50. The van der Waals surface area contributed by atoms with Gasteiger partial charge in [0.15, 0.2) is 5.78 Å². The van der Waals surface area contributed by atoms with Crippen LogP contribution in [0, 0.1) is 0 Å². The molecular formula is C48H39N2O+. The zero-order chi connectivity index (χ0) is 35.0. The fraction of sp³-hybridized carbons (Fsp3) is 0.0833. The average molecular weight is 660 g/mol. The molecule has 0 radical (unpaired) electrons. The molecule has 0 bridgehead atoms. The number of allylic oxidation sites excluding steroid dienone is 8. The van der Waals surface area contributed by atoms with Gasteiger partial charge >= 0.3 is 0 Å². The van der Waals surface area contributed by atoms with Gasteiger partial charge in [0.25, 0.3) is 0 Å². The van der Waals surface area contributed by atoms with Crippen molar-refractivity contribution in [1.29, 1.82) is 0 Å². The summed E-state index contributed by atoms with van der Waals surface area (Å²) < 4.78 is 2.31. The van der Waals surface area contributed by atoms with Gasteiger partial charge in [0.05, 0.1) is 0 Å². The number of nitrogens with zero attached hydrogens (tertiary/aromatic N) is 2. The van der Waals surface area contributed by atoms with Gasteiger partial charge in [0.2, 0.25) is 17.1 Å². The predicted octanol–water partition coefficient (Wildman–Crippen LogP) is 10.7. The molecule has 1 aliphatic carbocycles. The monoisotopic (exact) mass is 659 g/mol. The van der Waals surface area contributed by atoms with E-state index in [1.807, 2.05) is 48.5 Å². The number of Topliss-reactive ketones (excluding diaryl/α,β-unsaturated/α-hetero) is 1. The van der Waals surface area contributed by atoms with E-state index in [0.29, 0.717) is 11.1 Å². The molecule has 0 saturated heterocycles. The molecule has 3 heteroatoms. The van der Waals surface area contributed by atoms with Gasteiger partial charge < -0.3 is 4.90 Å². The maximum absolute atomic E-state index is 14.5. The van der Waals surface area contributed by atoms with Crippen LogP contribution < -0.4 is 9.47 Å². The van der Waals surface area contributed by atoms with Crippen LogP contribution in [0.5, 0.6) is 0 Å². The van der Waals surface area contributed by atoms with Crippen molar-refractivity contribution in [2.24, 2.45) is 0 Å². The number of carbonyl (C=O) groups excluding carboxylic acids is 1. The van der Waals surface area contributed by atoms with Crippen molar-refractivity contribution in [3.63, 3.8) is 0 Å². The third-order valence-electron chi connectivity index (χ3n) is 10.1. The Morgan fingerprint density at radius 1 is 0.549 bits per heavy atom. The lowest BCUT2D eigenvalue weighted by Crippen LogP contribution is -2.38. The highest BCUT2D eigenvalue weighted by atomic mass is 16.1. The van der Waals surface area contributed by atoms with Crippen molar-refractivity contribution in [3.8, 4) is 33.6 Å². The first-order valence-electron chi connectivity index (χ1n) is 17.5. The van der Waals surface area contributed by atoms with E-state index in [0.717, 1.165) is 50.6 Å². The number of para-hydroxylation sites is 1. The summed E-state index contributed by atoms with van der Waals surface area (Å²) in [6.07, 6.45) is 8.27. The van der Waals surface area contributed by atoms with Crippen molar-refractivity contribution in [2.45, 2.75) is 19.3 Å². The second-order valence-electron chi connectivity index (χ2n) is 13.6. The Bertz CT molecular complexity index is 2320. The second kappa shape index (κ2) is 13.2. The van der Waals surface area contributed by atoms with Crippen molar-refractivity contribution in [1.82, 2.24) is 0 Å². The lowest BCUT2D eigenvalue weighted by Gasteiger charge is -2.24. The van der Waals surface area contributed by atoms with E-state index in [2.05, 4.69) is 164 Å². The molecule has 1 aromatic heterocycles. The van der Waals surface area contributed by atoms with Crippen LogP contribution in [0.25, 0.3) is 44.9 Å². The lowest BCUT2D eigenvalue weighted by molar-refractivity contribution is -0.554. The topological polar surface area (TPSA) is 24.2 Å². The number of hydrogen-bond donors (Lipinski definition) is 0. The zero-order valence-electron chi connectivity index (χ0n) is 29.1. The normalized spacial score (nSPS) is 16.6. The van der Waals surface area contributed by atoms with E-state index in [4.69, 9.17) is 0 Å². The summed E-state index contributed by atoms with van der Waals surface area (Å²) in [5, 5.41) is 0. The number of hydrogen-bond acceptors (Lipinski definition) is 2. The maximum atomic E-state index is 14.5. The van der Waals surface area contributed by atoms with Crippen LogP contribution in [0.1, 0.15) is 25.0 Å². The maximum Gasteiger partial charge on any atom is 0.219 e. The smallest absolute Gasteiger partial charge is 0.219 e. The number of anilines is 1. The minimum Gasteiger partial charge on any atom is -0.347 e. The molecule has 0 spiro atoms. The first-order chi connectivity index (χ1) is 24.9. The summed E-state index contributed by atoms with van der Waals surface area (Å²) >= 11 is 0. The van der Waals surface area contributed by atoms with E-state index in [1.54, 1.807) is 0 Å². The Labute approximate surface area is 300 Å². The first kappa shape index (κ1) is 31.9. The largest absolute Gasteiger partial charge is 0.347 e. The van der Waals surface area contributed by atoms with Crippen molar-refractivity contribution < 1.29 is 9.36 Å². The molecule has 3 nitrogen and oxygen atoms in total. The molecule has 0 saturated carbocycles. The molecule has 0 amide bonds. The second-order valence-corrected chi connectivity index (χ2v) is 13.6. The molecule has 6 aromatic rings. The number of pyridine rings is 1. The molecule has 0 unspecified atom stereocenters. The predicted molar refractivity (Wildman–Crippen MR) is 211 cm³/mol. The SMILES string of the molecule is CN1/C(=C\C=C2\C=C([n+]3c(-c4ccccc4)cc(-c4ccccc4)cc3-c3ccccc3)C=C(c3ccccc3)C2=O)C(C)(C)c2ccccc21. The molecule has 51 heavy (non-hydrogen) atoms. The van der Waals surface area contributed by atoms with E-state index < -0.39 is 0 Å². The molecule has 2 aliphatic rings. The third-order valence-corrected chi connectivity index (χ3v) is 10.1. The van der Waals surface area contributed by atoms with Crippen LogP contribution in [0.2, 0.25) is 0 Å². The molecule has 8 rings (SSSR count). The summed E-state index contributed by atoms with van der Waals surface area (Å²) in [5.41, 5.74) is 13.0. The number of aromatic nitrogens is 1. The Kier molecular flexibility index (Phi) is 8.25. The van der Waals surface area contributed by atoms with Crippen LogP contribution in [0.15, 0.2) is 193 Å². The van der Waals surface area contributed by atoms with Crippen LogP contribution in [-0.2, 0) is 10.2 Å². The molecule has 0 atom stereocenters. The highest BCUT2D eigenvalue weighted by Gasteiger charge is 2.38. The van der Waals surface area contributed by atoms with Crippen molar-refractivity contribution in [2.75, 3.05) is 11.9 Å². The van der Waals surface area contributed by atoms with E-state index in [9.17, 15) is 4.79 Å². The number of fused-ring (bicyclic) bond motifs is 1. The van der Waals surface area contributed by atoms with E-state index in [-0.39, 0.29) is 11.2 Å². The van der Waals surface area contributed by atoms with Gasteiger partial charge in [-0.25, -0.2) is 0 Å². The molecular weight excluding hydrogens is 621 g/mol. The average Bonchev–Trinajstić information content (AvgIpc) is 3.38. The molecule has 1 aliphatic heterocycles. The lowest BCUT2D eigenvalue weighted by atomic mass is 9.83. The van der Waals surface area contributed by atoms with Gasteiger partial charge in [-0.3, -0.25) is 4.79 Å². The number of likely N-dealkylation sites (N-methyl/N-ethyl adjacent to an activating group) is 1. The van der Waals surface area contributed by atoms with Crippen LogP contribution >= 0.6 is 0 Å². The molecule has 246 valence electrons. The van der Waals surface area contributed by atoms with Crippen LogP contribution in [0.3, 0.4) is 0 Å². The van der Waals surface area contributed by atoms with Gasteiger partial charge in [-0.1, -0.05) is 129 Å². The molecule has 5 aromatic carbocycles. The first-order valence-corrected chi connectivity index (χ1v) is 17.5. The highest BCUT2D eigenvalue weighted by molar-refractivity contribution is 6.32. The molecule has 0 fully saturated rings. The number of ketones is 1. The summed E-state index contributed by atoms with van der Waals surface area (Å²) in [7, 11) is 2.11. The number of benzene rings is 5.